The highest BCUT2D eigenvalue weighted by atomic mass is 32.1. The van der Waals surface area contributed by atoms with E-state index < -0.39 is 11.6 Å². The molecule has 0 fully saturated rings. The molecule has 4 aromatic rings. The van der Waals surface area contributed by atoms with E-state index in [9.17, 15) is 13.6 Å². The molecular weight excluding hydrogens is 362 g/mol. The summed E-state index contributed by atoms with van der Waals surface area (Å²) in [5, 5.41) is 0.790. The third kappa shape index (κ3) is 3.29. The van der Waals surface area contributed by atoms with Crippen LogP contribution in [0.15, 0.2) is 47.3 Å². The standard InChI is InChI=1S/C18H10F2N2OS2/c19-11-6-5-10(7-12(11)20)8-15-18(23)22-17(25-15)9-16-21-13-3-1-2-4-14(13)24-16/h1-9H,(H,22,23)/b15-8-,17-9+. The molecule has 0 radical (unpaired) electrons. The van der Waals surface area contributed by atoms with E-state index in [4.69, 9.17) is 0 Å². The zero-order valence-electron chi connectivity index (χ0n) is 12.6. The number of benzene rings is 2. The number of halogens is 2. The van der Waals surface area contributed by atoms with Gasteiger partial charge in [-0.05, 0) is 35.9 Å². The van der Waals surface area contributed by atoms with Gasteiger partial charge < -0.3 is 4.98 Å². The first kappa shape index (κ1) is 15.9. The maximum absolute atomic E-state index is 13.3. The second-order valence-electron chi connectivity index (χ2n) is 5.27. The fraction of sp³-hybridized carbons (Fsp3) is 0. The van der Waals surface area contributed by atoms with Gasteiger partial charge in [0.15, 0.2) is 11.6 Å². The Morgan fingerprint density at radius 2 is 1.84 bits per heavy atom. The molecule has 3 nitrogen and oxygen atoms in total. The van der Waals surface area contributed by atoms with Crippen molar-refractivity contribution in [2.24, 2.45) is 0 Å². The molecule has 25 heavy (non-hydrogen) atoms. The molecule has 2 aromatic heterocycles. The number of H-pyrrole nitrogens is 1. The fourth-order valence-electron chi connectivity index (χ4n) is 2.34. The molecule has 0 aliphatic heterocycles. The predicted molar refractivity (Wildman–Crippen MR) is 97.3 cm³/mol. The van der Waals surface area contributed by atoms with Gasteiger partial charge in [-0.2, -0.15) is 0 Å². The van der Waals surface area contributed by atoms with Crippen molar-refractivity contribution < 1.29 is 8.78 Å². The van der Waals surface area contributed by atoms with Gasteiger partial charge in [0.05, 0.1) is 19.4 Å². The second kappa shape index (κ2) is 6.34. The first-order valence-corrected chi connectivity index (χ1v) is 8.95. The Balaban J connectivity index is 1.78. The molecule has 0 saturated carbocycles. The van der Waals surface area contributed by atoms with Crippen molar-refractivity contribution in [3.63, 3.8) is 0 Å². The first-order valence-electron chi connectivity index (χ1n) is 7.32. The summed E-state index contributed by atoms with van der Waals surface area (Å²) in [4.78, 5) is 19.3. The van der Waals surface area contributed by atoms with Gasteiger partial charge in [0.2, 0.25) is 0 Å². The number of nitrogens with zero attached hydrogens (tertiary/aromatic N) is 1. The number of nitrogens with one attached hydrogen (secondary N) is 1. The SMILES string of the molecule is O=c1[nH]/c(=C\c2nc3ccccc3s2)s/c1=C\c1ccc(F)c(F)c1. The van der Waals surface area contributed by atoms with Gasteiger partial charge in [-0.3, -0.25) is 4.79 Å². The van der Waals surface area contributed by atoms with Crippen LogP contribution < -0.4 is 14.8 Å². The van der Waals surface area contributed by atoms with Crippen molar-refractivity contribution in [3.05, 3.63) is 84.2 Å². The predicted octanol–water partition coefficient (Wildman–Crippen LogP) is 2.98. The monoisotopic (exact) mass is 372 g/mol. The lowest BCUT2D eigenvalue weighted by molar-refractivity contribution is 0.508. The van der Waals surface area contributed by atoms with Crippen molar-refractivity contribution in [2.45, 2.75) is 0 Å². The van der Waals surface area contributed by atoms with E-state index in [0.29, 0.717) is 14.8 Å². The van der Waals surface area contributed by atoms with Crippen LogP contribution in [0, 0.1) is 11.6 Å². The molecule has 124 valence electrons. The molecule has 0 amide bonds. The van der Waals surface area contributed by atoms with E-state index >= 15 is 0 Å². The molecule has 0 bridgehead atoms. The smallest absolute Gasteiger partial charge is 0.266 e. The molecule has 2 aromatic carbocycles. The van der Waals surface area contributed by atoms with E-state index in [1.54, 1.807) is 6.08 Å². The van der Waals surface area contributed by atoms with Crippen molar-refractivity contribution in [1.82, 2.24) is 9.97 Å². The van der Waals surface area contributed by atoms with E-state index in [-0.39, 0.29) is 5.56 Å². The Kier molecular flexibility index (Phi) is 4.03. The van der Waals surface area contributed by atoms with Crippen molar-refractivity contribution in [3.8, 4) is 0 Å². The molecule has 0 atom stereocenters. The summed E-state index contributed by atoms with van der Waals surface area (Å²) in [5.74, 6) is -1.86. The van der Waals surface area contributed by atoms with E-state index in [0.717, 1.165) is 27.4 Å². The molecule has 0 saturated heterocycles. The van der Waals surface area contributed by atoms with Crippen LogP contribution in [0.4, 0.5) is 8.78 Å². The van der Waals surface area contributed by atoms with Crippen LogP contribution in [0.2, 0.25) is 0 Å². The van der Waals surface area contributed by atoms with Crippen molar-refractivity contribution in [2.75, 3.05) is 0 Å². The number of aromatic nitrogens is 2. The minimum Gasteiger partial charge on any atom is -0.313 e. The topological polar surface area (TPSA) is 45.8 Å². The summed E-state index contributed by atoms with van der Waals surface area (Å²) in [5.41, 5.74) is 1.06. The molecule has 0 aliphatic carbocycles. The van der Waals surface area contributed by atoms with Crippen LogP contribution in [-0.2, 0) is 0 Å². The molecule has 7 heteroatoms. The van der Waals surface area contributed by atoms with E-state index in [2.05, 4.69) is 9.97 Å². The largest absolute Gasteiger partial charge is 0.313 e. The third-order valence-corrected chi connectivity index (χ3v) is 5.43. The number of thiazole rings is 2. The van der Waals surface area contributed by atoms with E-state index in [1.807, 2.05) is 24.3 Å². The van der Waals surface area contributed by atoms with Crippen LogP contribution in [0.3, 0.4) is 0 Å². The Morgan fingerprint density at radius 1 is 1.00 bits per heavy atom. The van der Waals surface area contributed by atoms with Gasteiger partial charge in [0, 0.05) is 6.08 Å². The third-order valence-electron chi connectivity index (χ3n) is 3.49. The summed E-state index contributed by atoms with van der Waals surface area (Å²) in [7, 11) is 0. The van der Waals surface area contributed by atoms with Crippen LogP contribution in [-0.4, -0.2) is 9.97 Å². The van der Waals surface area contributed by atoms with Crippen LogP contribution in [0.1, 0.15) is 10.6 Å². The highest BCUT2D eigenvalue weighted by molar-refractivity contribution is 7.19. The summed E-state index contributed by atoms with van der Waals surface area (Å²) in [6, 6.07) is 11.3. The fourth-order valence-corrected chi connectivity index (χ4v) is 4.22. The van der Waals surface area contributed by atoms with Crippen LogP contribution in [0.25, 0.3) is 22.4 Å². The first-order chi connectivity index (χ1) is 12.1. The maximum atomic E-state index is 13.3. The molecular formula is C18H10F2N2OS2. The Morgan fingerprint density at radius 3 is 2.64 bits per heavy atom. The summed E-state index contributed by atoms with van der Waals surface area (Å²) in [6.07, 6.45) is 3.33. The highest BCUT2D eigenvalue weighted by Crippen LogP contribution is 2.21. The summed E-state index contributed by atoms with van der Waals surface area (Å²) < 4.78 is 28.4. The average molecular weight is 372 g/mol. The lowest BCUT2D eigenvalue weighted by atomic mass is 10.2. The van der Waals surface area contributed by atoms with Crippen molar-refractivity contribution >= 4 is 45.0 Å². The number of para-hydroxylation sites is 1. The Hall–Kier alpha value is -2.64. The van der Waals surface area contributed by atoms with Gasteiger partial charge in [-0.1, -0.05) is 18.2 Å². The van der Waals surface area contributed by atoms with E-state index in [1.165, 1.54) is 34.8 Å². The van der Waals surface area contributed by atoms with Gasteiger partial charge in [0.25, 0.3) is 5.56 Å². The lowest BCUT2D eigenvalue weighted by Gasteiger charge is -1.93. The molecule has 0 spiro atoms. The second-order valence-corrected chi connectivity index (χ2v) is 7.41. The molecule has 2 heterocycles. The number of hydrogen-bond acceptors (Lipinski definition) is 4. The van der Waals surface area contributed by atoms with Gasteiger partial charge in [0.1, 0.15) is 5.01 Å². The summed E-state index contributed by atoms with van der Waals surface area (Å²) in [6.45, 7) is 0. The molecule has 1 N–H and O–H groups in total. The molecule has 0 unspecified atom stereocenters. The van der Waals surface area contributed by atoms with Crippen LogP contribution in [0.5, 0.6) is 0 Å². The van der Waals surface area contributed by atoms with Crippen molar-refractivity contribution in [1.29, 1.82) is 0 Å². The van der Waals surface area contributed by atoms with Crippen LogP contribution >= 0.6 is 22.7 Å². The Labute approximate surface area is 148 Å². The van der Waals surface area contributed by atoms with Gasteiger partial charge in [-0.25, -0.2) is 13.8 Å². The molecule has 4 rings (SSSR count). The quantitative estimate of drug-likeness (QED) is 0.588. The average Bonchev–Trinajstić information content (AvgIpc) is 3.14. The maximum Gasteiger partial charge on any atom is 0.266 e. The highest BCUT2D eigenvalue weighted by Gasteiger charge is 2.03. The Bertz CT molecular complexity index is 1220. The number of hydrogen-bond donors (Lipinski definition) is 1. The number of aromatic amines is 1. The minimum absolute atomic E-state index is 0.276. The van der Waals surface area contributed by atoms with Gasteiger partial charge in [-0.15, -0.1) is 22.7 Å². The molecule has 0 aliphatic rings. The minimum atomic E-state index is -0.942. The normalized spacial score (nSPS) is 13.0. The number of fused-ring (bicyclic) bond motifs is 1. The zero-order valence-corrected chi connectivity index (χ0v) is 14.3. The zero-order chi connectivity index (χ0) is 17.4. The lowest BCUT2D eigenvalue weighted by Crippen LogP contribution is -2.19. The summed E-state index contributed by atoms with van der Waals surface area (Å²) >= 11 is 2.77. The van der Waals surface area contributed by atoms with Gasteiger partial charge >= 0.3 is 0 Å². The number of rotatable bonds is 2.